The Morgan fingerprint density at radius 2 is 2.18 bits per heavy atom. The van der Waals surface area contributed by atoms with E-state index in [2.05, 4.69) is 21.3 Å². The van der Waals surface area contributed by atoms with Crippen molar-refractivity contribution in [3.05, 3.63) is 5.89 Å². The summed E-state index contributed by atoms with van der Waals surface area (Å²) in [5.41, 5.74) is 6.00. The Morgan fingerprint density at radius 3 is 2.88 bits per heavy atom. The summed E-state index contributed by atoms with van der Waals surface area (Å²) in [6.07, 6.45) is 6.67. The van der Waals surface area contributed by atoms with Gasteiger partial charge in [0.15, 0.2) is 0 Å². The van der Waals surface area contributed by atoms with Crippen molar-refractivity contribution in [2.75, 3.05) is 30.0 Å². The maximum absolute atomic E-state index is 6.00. The Balaban J connectivity index is 1.94. The lowest BCUT2D eigenvalue weighted by molar-refractivity contribution is 0.351. The predicted octanol–water partition coefficient (Wildman–Crippen LogP) is 1.81. The van der Waals surface area contributed by atoms with Crippen LogP contribution in [0.15, 0.2) is 4.52 Å². The van der Waals surface area contributed by atoms with Gasteiger partial charge in [0.25, 0.3) is 5.95 Å². The summed E-state index contributed by atoms with van der Waals surface area (Å²) >= 11 is 1.78. The van der Waals surface area contributed by atoms with Gasteiger partial charge in [-0.3, -0.25) is 0 Å². The highest BCUT2D eigenvalue weighted by molar-refractivity contribution is 7.98. The van der Waals surface area contributed by atoms with Crippen molar-refractivity contribution < 1.29 is 4.52 Å². The summed E-state index contributed by atoms with van der Waals surface area (Å²) in [5, 5.41) is 4.02. The van der Waals surface area contributed by atoms with Crippen LogP contribution in [0.25, 0.3) is 0 Å². The largest absolute Gasteiger partial charge is 0.338 e. The molecule has 1 saturated heterocycles. The third kappa shape index (κ3) is 3.35. The minimum Gasteiger partial charge on any atom is -0.338 e. The summed E-state index contributed by atoms with van der Waals surface area (Å²) < 4.78 is 5.24. The van der Waals surface area contributed by atoms with E-state index >= 15 is 0 Å². The SMILES string of the molecule is CSCCC(N)c1nc(N2CCCCC2)no1. The van der Waals surface area contributed by atoms with Crippen molar-refractivity contribution >= 4 is 17.7 Å². The summed E-state index contributed by atoms with van der Waals surface area (Å²) in [7, 11) is 0. The number of aromatic nitrogens is 2. The number of nitrogens with two attached hydrogens (primary N) is 1. The average molecular weight is 256 g/mol. The molecule has 0 aromatic carbocycles. The first-order chi connectivity index (χ1) is 8.31. The molecule has 1 aromatic rings. The zero-order chi connectivity index (χ0) is 12.1. The third-order valence-electron chi connectivity index (χ3n) is 3.02. The lowest BCUT2D eigenvalue weighted by Gasteiger charge is -2.24. The van der Waals surface area contributed by atoms with E-state index < -0.39 is 0 Å². The maximum Gasteiger partial charge on any atom is 0.266 e. The van der Waals surface area contributed by atoms with Gasteiger partial charge in [-0.1, -0.05) is 0 Å². The molecule has 0 bridgehead atoms. The Bertz CT molecular complexity index is 338. The zero-order valence-corrected chi connectivity index (χ0v) is 11.1. The molecule has 0 radical (unpaired) electrons. The summed E-state index contributed by atoms with van der Waals surface area (Å²) in [5.74, 6) is 2.29. The van der Waals surface area contributed by atoms with E-state index in [0.717, 1.165) is 25.3 Å². The van der Waals surface area contributed by atoms with Crippen LogP contribution in [0.3, 0.4) is 0 Å². The van der Waals surface area contributed by atoms with Gasteiger partial charge in [0.05, 0.1) is 6.04 Å². The lowest BCUT2D eigenvalue weighted by Crippen LogP contribution is -2.30. The molecular weight excluding hydrogens is 236 g/mol. The number of piperidine rings is 1. The van der Waals surface area contributed by atoms with Gasteiger partial charge < -0.3 is 15.2 Å². The highest BCUT2D eigenvalue weighted by Crippen LogP contribution is 2.20. The van der Waals surface area contributed by atoms with Crippen LogP contribution < -0.4 is 10.6 Å². The number of anilines is 1. The molecular formula is C11H20N4OS. The van der Waals surface area contributed by atoms with Crippen molar-refractivity contribution in [1.29, 1.82) is 0 Å². The van der Waals surface area contributed by atoms with E-state index in [1.54, 1.807) is 11.8 Å². The van der Waals surface area contributed by atoms with Crippen LogP contribution >= 0.6 is 11.8 Å². The number of rotatable bonds is 5. The first kappa shape index (κ1) is 12.7. The highest BCUT2D eigenvalue weighted by Gasteiger charge is 2.19. The van der Waals surface area contributed by atoms with Crippen LogP contribution in [-0.2, 0) is 0 Å². The molecule has 96 valence electrons. The molecule has 2 N–H and O–H groups in total. The van der Waals surface area contributed by atoms with Gasteiger partial charge in [0, 0.05) is 13.1 Å². The second kappa shape index (κ2) is 6.26. The third-order valence-corrected chi connectivity index (χ3v) is 3.66. The summed E-state index contributed by atoms with van der Waals surface area (Å²) in [6, 6.07) is -0.131. The first-order valence-corrected chi connectivity index (χ1v) is 7.53. The molecule has 1 aliphatic heterocycles. The van der Waals surface area contributed by atoms with Crippen LogP contribution in [0.1, 0.15) is 37.6 Å². The molecule has 1 unspecified atom stereocenters. The van der Waals surface area contributed by atoms with Crippen molar-refractivity contribution in [3.63, 3.8) is 0 Å². The zero-order valence-electron chi connectivity index (χ0n) is 10.3. The highest BCUT2D eigenvalue weighted by atomic mass is 32.2. The topological polar surface area (TPSA) is 68.2 Å². The van der Waals surface area contributed by atoms with Crippen molar-refractivity contribution in [2.45, 2.75) is 31.7 Å². The smallest absolute Gasteiger partial charge is 0.266 e. The first-order valence-electron chi connectivity index (χ1n) is 6.14. The Hall–Kier alpha value is -0.750. The Morgan fingerprint density at radius 1 is 1.41 bits per heavy atom. The molecule has 1 aliphatic rings. The maximum atomic E-state index is 6.00. The van der Waals surface area contributed by atoms with Crippen LogP contribution in [-0.4, -0.2) is 35.2 Å². The molecule has 1 fully saturated rings. The molecule has 2 rings (SSSR count). The summed E-state index contributed by atoms with van der Waals surface area (Å²) in [4.78, 5) is 6.58. The van der Waals surface area contributed by atoms with E-state index in [4.69, 9.17) is 10.3 Å². The number of hydrogen-bond donors (Lipinski definition) is 1. The van der Waals surface area contributed by atoms with E-state index in [1.807, 2.05) is 0 Å². The Kier molecular flexibility index (Phi) is 4.67. The van der Waals surface area contributed by atoms with E-state index in [9.17, 15) is 0 Å². The van der Waals surface area contributed by atoms with Crippen LogP contribution in [0.2, 0.25) is 0 Å². The molecule has 17 heavy (non-hydrogen) atoms. The number of thioether (sulfide) groups is 1. The fourth-order valence-electron chi connectivity index (χ4n) is 1.97. The molecule has 1 aromatic heterocycles. The molecule has 6 heteroatoms. The van der Waals surface area contributed by atoms with Crippen molar-refractivity contribution in [2.24, 2.45) is 5.73 Å². The number of nitrogens with zero attached hydrogens (tertiary/aromatic N) is 3. The van der Waals surface area contributed by atoms with E-state index in [0.29, 0.717) is 11.8 Å². The molecule has 1 atom stereocenters. The molecule has 5 nitrogen and oxygen atoms in total. The molecule has 0 amide bonds. The molecule has 2 heterocycles. The monoisotopic (exact) mass is 256 g/mol. The van der Waals surface area contributed by atoms with Gasteiger partial charge in [-0.2, -0.15) is 16.7 Å². The molecule has 0 saturated carbocycles. The fraction of sp³-hybridized carbons (Fsp3) is 0.818. The van der Waals surface area contributed by atoms with Gasteiger partial charge >= 0.3 is 0 Å². The standard InChI is InChI=1S/C11H20N4OS/c1-17-8-5-9(12)10-13-11(14-16-10)15-6-3-2-4-7-15/h9H,2-8,12H2,1H3. The second-order valence-electron chi connectivity index (χ2n) is 4.37. The minimum absolute atomic E-state index is 0.131. The fourth-order valence-corrected chi connectivity index (χ4v) is 2.46. The average Bonchev–Trinajstić information content (AvgIpc) is 2.86. The van der Waals surface area contributed by atoms with Gasteiger partial charge in [-0.25, -0.2) is 0 Å². The summed E-state index contributed by atoms with van der Waals surface area (Å²) in [6.45, 7) is 2.05. The molecule has 0 spiro atoms. The van der Waals surface area contributed by atoms with Crippen molar-refractivity contribution in [1.82, 2.24) is 10.1 Å². The quantitative estimate of drug-likeness (QED) is 0.866. The van der Waals surface area contributed by atoms with Gasteiger partial charge in [0.1, 0.15) is 0 Å². The Labute approximate surface area is 106 Å². The second-order valence-corrected chi connectivity index (χ2v) is 5.35. The lowest BCUT2D eigenvalue weighted by atomic mass is 10.1. The normalized spacial score (nSPS) is 18.4. The molecule has 0 aliphatic carbocycles. The number of hydrogen-bond acceptors (Lipinski definition) is 6. The van der Waals surface area contributed by atoms with Crippen LogP contribution in [0, 0.1) is 0 Å². The van der Waals surface area contributed by atoms with Gasteiger partial charge in [-0.15, -0.1) is 0 Å². The van der Waals surface area contributed by atoms with Crippen LogP contribution in [0.5, 0.6) is 0 Å². The van der Waals surface area contributed by atoms with Crippen molar-refractivity contribution in [3.8, 4) is 0 Å². The van der Waals surface area contributed by atoms with Crippen LogP contribution in [0.4, 0.5) is 5.95 Å². The van der Waals surface area contributed by atoms with Gasteiger partial charge in [-0.05, 0) is 42.8 Å². The predicted molar refractivity (Wildman–Crippen MR) is 70.3 cm³/mol. The van der Waals surface area contributed by atoms with Gasteiger partial charge in [0.2, 0.25) is 5.89 Å². The van der Waals surface area contributed by atoms with E-state index in [-0.39, 0.29) is 6.04 Å². The van der Waals surface area contributed by atoms with E-state index in [1.165, 1.54) is 19.3 Å². The minimum atomic E-state index is -0.131.